The minimum Gasteiger partial charge on any atom is -0.463 e. The summed E-state index contributed by atoms with van der Waals surface area (Å²) in [5, 5.41) is 22.2. The van der Waals surface area contributed by atoms with Crippen LogP contribution >= 0.6 is 0 Å². The van der Waals surface area contributed by atoms with Crippen molar-refractivity contribution in [1.29, 1.82) is 10.5 Å². The summed E-state index contributed by atoms with van der Waals surface area (Å²) in [5.41, 5.74) is 1.40. The number of carbonyl (C=O) groups excluding carboxylic acids is 1. The van der Waals surface area contributed by atoms with Gasteiger partial charge in [-0.3, -0.25) is 19.8 Å². The molecule has 3 heterocycles. The highest BCUT2D eigenvalue weighted by Gasteiger charge is 2.28. The Kier molecular flexibility index (Phi) is 3.72. The number of nitrogens with one attached hydrogen (secondary N) is 2. The van der Waals surface area contributed by atoms with Crippen LogP contribution in [0, 0.1) is 29.6 Å². The quantitative estimate of drug-likeness (QED) is 0.652. The van der Waals surface area contributed by atoms with Gasteiger partial charge in [-0.05, 0) is 19.1 Å². The average molecular weight is 373 g/mol. The fourth-order valence-corrected chi connectivity index (χ4v) is 3.18. The Labute approximate surface area is 157 Å². The topological polar surface area (TPSA) is 141 Å². The predicted molar refractivity (Wildman–Crippen MR) is 99.2 cm³/mol. The molecule has 0 saturated carbocycles. The molecule has 0 spiro atoms. The smallest absolute Gasteiger partial charge is 0.289 e. The summed E-state index contributed by atoms with van der Waals surface area (Å²) in [6, 6.07) is 8.72. The molecule has 3 aromatic rings. The maximum absolute atomic E-state index is 13.1. The van der Waals surface area contributed by atoms with Crippen LogP contribution in [0.3, 0.4) is 0 Å². The van der Waals surface area contributed by atoms with Gasteiger partial charge in [0, 0.05) is 5.56 Å². The molecule has 0 atom stereocenters. The maximum atomic E-state index is 13.1. The van der Waals surface area contributed by atoms with Crippen LogP contribution in [-0.2, 0) is 4.79 Å². The monoisotopic (exact) mass is 373 g/mol. The number of anilines is 1. The van der Waals surface area contributed by atoms with Crippen molar-refractivity contribution in [3.8, 4) is 23.3 Å². The van der Waals surface area contributed by atoms with Gasteiger partial charge in [-0.25, -0.2) is 0 Å². The first kappa shape index (κ1) is 17.1. The summed E-state index contributed by atoms with van der Waals surface area (Å²) in [6.07, 6.45) is 1.13. The van der Waals surface area contributed by atoms with Crippen LogP contribution in [0.4, 0.5) is 5.82 Å². The minimum atomic E-state index is -0.851. The van der Waals surface area contributed by atoms with Gasteiger partial charge in [0.1, 0.15) is 40.9 Å². The molecule has 0 unspecified atom stereocenters. The Balaban J connectivity index is 2.15. The van der Waals surface area contributed by atoms with E-state index in [0.29, 0.717) is 5.58 Å². The molecule has 9 nitrogen and oxygen atoms in total. The highest BCUT2D eigenvalue weighted by atomic mass is 16.3. The molecule has 9 heteroatoms. The summed E-state index contributed by atoms with van der Waals surface area (Å²) in [6.45, 7) is 1.65. The van der Waals surface area contributed by atoms with Gasteiger partial charge in [-0.15, -0.1) is 0 Å². The largest absolute Gasteiger partial charge is 0.463 e. The molecule has 4 rings (SSSR count). The molecule has 1 amide bonds. The summed E-state index contributed by atoms with van der Waals surface area (Å²) < 4.78 is 6.32. The zero-order valence-electron chi connectivity index (χ0n) is 14.5. The number of carbonyl (C=O) groups is 1. The van der Waals surface area contributed by atoms with E-state index in [1.165, 1.54) is 0 Å². The van der Waals surface area contributed by atoms with Crippen LogP contribution < -0.4 is 21.7 Å². The van der Waals surface area contributed by atoms with E-state index in [1.54, 1.807) is 24.3 Å². The number of rotatable bonds is 1. The Hall–Kier alpha value is -4.37. The Morgan fingerprint density at radius 2 is 1.89 bits per heavy atom. The molecule has 0 saturated heterocycles. The fourth-order valence-electron chi connectivity index (χ4n) is 3.18. The first-order valence-electron chi connectivity index (χ1n) is 8.15. The average Bonchev–Trinajstić information content (AvgIpc) is 2.69. The van der Waals surface area contributed by atoms with Crippen molar-refractivity contribution in [3.63, 3.8) is 0 Å². The number of nitriles is 2. The van der Waals surface area contributed by atoms with Gasteiger partial charge < -0.3 is 9.73 Å². The maximum Gasteiger partial charge on any atom is 0.289 e. The van der Waals surface area contributed by atoms with E-state index in [2.05, 4.69) is 10.7 Å². The second kappa shape index (κ2) is 6.11. The number of hydrogen-bond acceptors (Lipinski definition) is 7. The van der Waals surface area contributed by atoms with Gasteiger partial charge in [-0.1, -0.05) is 11.6 Å². The van der Waals surface area contributed by atoms with Gasteiger partial charge in [0.2, 0.25) is 5.43 Å². The lowest BCUT2D eigenvalue weighted by Gasteiger charge is -2.23. The SMILES string of the molecule is Cc1ccc2occ(-c3c(C#N)c4n(c(=O)c3C#N)NC(=O)CN4)c(=O)c2c1. The van der Waals surface area contributed by atoms with Gasteiger partial charge in [0.05, 0.1) is 17.5 Å². The van der Waals surface area contributed by atoms with Gasteiger partial charge >= 0.3 is 0 Å². The zero-order valence-corrected chi connectivity index (χ0v) is 14.5. The highest BCUT2D eigenvalue weighted by molar-refractivity contribution is 5.93. The zero-order chi connectivity index (χ0) is 20.0. The van der Waals surface area contributed by atoms with E-state index in [9.17, 15) is 24.9 Å². The molecule has 2 aromatic heterocycles. The molecule has 0 radical (unpaired) electrons. The van der Waals surface area contributed by atoms with Crippen LogP contribution in [0.1, 0.15) is 16.7 Å². The highest BCUT2D eigenvalue weighted by Crippen LogP contribution is 2.30. The molecule has 136 valence electrons. The number of pyridine rings is 1. The number of benzene rings is 1. The van der Waals surface area contributed by atoms with E-state index in [1.807, 2.05) is 13.0 Å². The number of fused-ring (bicyclic) bond motifs is 2. The van der Waals surface area contributed by atoms with Crippen molar-refractivity contribution in [3.05, 3.63) is 61.7 Å². The number of nitrogens with zero attached hydrogens (tertiary/aromatic N) is 3. The molecule has 1 aliphatic rings. The van der Waals surface area contributed by atoms with Crippen LogP contribution in [0.2, 0.25) is 0 Å². The molecule has 0 bridgehead atoms. The van der Waals surface area contributed by atoms with E-state index < -0.39 is 22.5 Å². The van der Waals surface area contributed by atoms with Crippen LogP contribution in [-0.4, -0.2) is 17.1 Å². The van der Waals surface area contributed by atoms with Gasteiger partial charge in [0.25, 0.3) is 11.5 Å². The van der Waals surface area contributed by atoms with Gasteiger partial charge in [0.15, 0.2) is 0 Å². The standard InChI is InChI=1S/C19H11N5O4/c1-9-2-3-14-10(4-9)17(26)13(8-28-14)16-11(5-20)18-22-7-15(25)23-24(18)19(27)12(16)6-21/h2-4,8,22H,7H2,1H3,(H,23,25). The summed E-state index contributed by atoms with van der Waals surface area (Å²) in [4.78, 5) is 37.4. The molecular weight excluding hydrogens is 362 g/mol. The fraction of sp³-hybridized carbons (Fsp3) is 0.105. The molecule has 2 N–H and O–H groups in total. The Morgan fingerprint density at radius 1 is 1.14 bits per heavy atom. The normalized spacial score (nSPS) is 12.5. The third kappa shape index (κ3) is 2.35. The molecule has 1 aromatic carbocycles. The number of hydrogen-bond donors (Lipinski definition) is 2. The van der Waals surface area contributed by atoms with Crippen molar-refractivity contribution >= 4 is 22.7 Å². The third-order valence-electron chi connectivity index (χ3n) is 4.45. The summed E-state index contributed by atoms with van der Waals surface area (Å²) in [7, 11) is 0. The molecule has 1 aliphatic heterocycles. The molecule has 28 heavy (non-hydrogen) atoms. The van der Waals surface area contributed by atoms with Crippen molar-refractivity contribution < 1.29 is 9.21 Å². The van der Waals surface area contributed by atoms with E-state index >= 15 is 0 Å². The lowest BCUT2D eigenvalue weighted by atomic mass is 9.96. The third-order valence-corrected chi connectivity index (χ3v) is 4.45. The molecule has 0 fully saturated rings. The number of aromatic nitrogens is 1. The number of amides is 1. The Morgan fingerprint density at radius 3 is 2.61 bits per heavy atom. The van der Waals surface area contributed by atoms with Crippen LogP contribution in [0.25, 0.3) is 22.1 Å². The first-order chi connectivity index (χ1) is 13.5. The predicted octanol–water partition coefficient (Wildman–Crippen LogP) is 1.17. The lowest BCUT2D eigenvalue weighted by Crippen LogP contribution is -2.44. The second-order valence-electron chi connectivity index (χ2n) is 6.20. The lowest BCUT2D eigenvalue weighted by molar-refractivity contribution is -0.115. The second-order valence-corrected chi connectivity index (χ2v) is 6.20. The van der Waals surface area contributed by atoms with E-state index in [-0.39, 0.29) is 34.4 Å². The van der Waals surface area contributed by atoms with Crippen molar-refractivity contribution in [2.75, 3.05) is 17.3 Å². The van der Waals surface area contributed by atoms with Crippen molar-refractivity contribution in [1.82, 2.24) is 4.68 Å². The van der Waals surface area contributed by atoms with E-state index in [0.717, 1.165) is 16.5 Å². The van der Waals surface area contributed by atoms with E-state index in [4.69, 9.17) is 4.42 Å². The van der Waals surface area contributed by atoms with Gasteiger partial charge in [-0.2, -0.15) is 15.2 Å². The Bertz CT molecular complexity index is 1390. The van der Waals surface area contributed by atoms with Crippen LogP contribution in [0.15, 0.2) is 38.5 Å². The summed E-state index contributed by atoms with van der Waals surface area (Å²) >= 11 is 0. The summed E-state index contributed by atoms with van der Waals surface area (Å²) in [5.74, 6) is -0.499. The molecule has 0 aliphatic carbocycles. The van der Waals surface area contributed by atoms with Crippen LogP contribution in [0.5, 0.6) is 0 Å². The minimum absolute atomic E-state index is 0.00448. The van der Waals surface area contributed by atoms with Crippen molar-refractivity contribution in [2.45, 2.75) is 6.92 Å². The number of aryl methyl sites for hydroxylation is 1. The van der Waals surface area contributed by atoms with Crippen molar-refractivity contribution in [2.24, 2.45) is 0 Å². The first-order valence-corrected chi connectivity index (χ1v) is 8.15. The molecular formula is C19H11N5O4.